The Bertz CT molecular complexity index is 5870. The van der Waals surface area contributed by atoms with Gasteiger partial charge in [0.05, 0.1) is 40.2 Å². The summed E-state index contributed by atoms with van der Waals surface area (Å²) >= 11 is 0. The van der Waals surface area contributed by atoms with E-state index in [0.29, 0.717) is 16.9 Å². The third-order valence-electron chi connectivity index (χ3n) is 22.4. The van der Waals surface area contributed by atoms with Gasteiger partial charge in [-0.25, -0.2) is 4.85 Å². The van der Waals surface area contributed by atoms with Gasteiger partial charge in [0.1, 0.15) is 6.07 Å². The van der Waals surface area contributed by atoms with Gasteiger partial charge in [0.2, 0.25) is 5.69 Å². The molecule has 0 saturated carbocycles. The third kappa shape index (κ3) is 7.66. The van der Waals surface area contributed by atoms with Gasteiger partial charge in [0.25, 0.3) is 6.71 Å². The van der Waals surface area contributed by atoms with Crippen molar-refractivity contribution in [2.75, 3.05) is 14.7 Å². The predicted molar refractivity (Wildman–Crippen MR) is 429 cm³/mol. The molecule has 17 aromatic rings. The highest BCUT2D eigenvalue weighted by atomic mass is 28.3. The number of nitriles is 1. The number of rotatable bonds is 9. The summed E-state index contributed by atoms with van der Waals surface area (Å²) in [6, 6.07) is 132. The molecule has 0 spiro atoms. The molecular formula is C92H58BN7Si2. The summed E-state index contributed by atoms with van der Waals surface area (Å²) in [6.07, 6.45) is 0. The Morgan fingerprint density at radius 2 is 0.676 bits per heavy atom. The second-order valence-corrected chi connectivity index (χ2v) is 34.6. The lowest BCUT2D eigenvalue weighted by molar-refractivity contribution is 1.13. The molecule has 7 nitrogen and oxygen atoms in total. The van der Waals surface area contributed by atoms with Crippen LogP contribution < -0.4 is 72.6 Å². The summed E-state index contributed by atoms with van der Waals surface area (Å²) < 4.78 is 4.73. The smallest absolute Gasteiger partial charge is 0.250 e. The highest BCUT2D eigenvalue weighted by molar-refractivity contribution is 7.22. The fourth-order valence-corrected chi connectivity index (χ4v) is 28.9. The Morgan fingerprint density at radius 1 is 0.343 bits per heavy atom. The summed E-state index contributed by atoms with van der Waals surface area (Å²) in [6.45, 7) is 9.61. The van der Waals surface area contributed by atoms with Crippen molar-refractivity contribution in [1.82, 2.24) is 9.13 Å². The first-order valence-corrected chi connectivity index (χ1v) is 38.9. The average Bonchev–Trinajstić information content (AvgIpc) is 1.49. The van der Waals surface area contributed by atoms with Crippen LogP contribution in [0.1, 0.15) is 5.56 Å². The second-order valence-electron chi connectivity index (χ2n) is 27.1. The van der Waals surface area contributed by atoms with E-state index in [1.54, 1.807) is 0 Å². The van der Waals surface area contributed by atoms with E-state index in [2.05, 4.69) is 382 Å². The van der Waals surface area contributed by atoms with Crippen molar-refractivity contribution in [1.29, 1.82) is 5.26 Å². The number of nitrogens with zero attached hydrogens (tertiary/aromatic N) is 7. The molecule has 4 aliphatic rings. The summed E-state index contributed by atoms with van der Waals surface area (Å²) in [7, 11) is -5.85. The molecule has 10 heteroatoms. The molecular weight excluding hydrogens is 1270 g/mol. The Labute approximate surface area is 592 Å². The Hall–Kier alpha value is -13.2. The molecule has 0 radical (unpaired) electrons. The van der Waals surface area contributed by atoms with Crippen LogP contribution in [-0.2, 0) is 0 Å². The van der Waals surface area contributed by atoms with E-state index in [0.717, 1.165) is 117 Å². The molecule has 0 aliphatic carbocycles. The summed E-state index contributed by atoms with van der Waals surface area (Å²) in [5.74, 6) is 0. The molecule has 21 rings (SSSR count). The number of aromatic nitrogens is 2. The maximum atomic E-state index is 12.7. The van der Waals surface area contributed by atoms with E-state index in [4.69, 9.17) is 4.85 Å². The topological polar surface area (TPSA) is 47.7 Å². The second kappa shape index (κ2) is 22.1. The Kier molecular flexibility index (Phi) is 12.5. The minimum absolute atomic E-state index is 0.300. The highest BCUT2D eigenvalue weighted by Crippen LogP contribution is 2.53. The summed E-state index contributed by atoms with van der Waals surface area (Å²) in [4.78, 5) is 11.9. The lowest BCUT2D eigenvalue weighted by atomic mass is 9.34. The van der Waals surface area contributed by atoms with Crippen molar-refractivity contribution in [3.05, 3.63) is 369 Å². The minimum Gasteiger partial charge on any atom is -0.320 e. The maximum Gasteiger partial charge on any atom is 0.250 e. The fourth-order valence-electron chi connectivity index (χ4n) is 18.7. The van der Waals surface area contributed by atoms with Crippen molar-refractivity contribution in [3.63, 3.8) is 0 Å². The van der Waals surface area contributed by atoms with Gasteiger partial charge in [0, 0.05) is 78.1 Å². The quantitative estimate of drug-likeness (QED) is 0.107. The highest BCUT2D eigenvalue weighted by Gasteiger charge is 2.51. The molecule has 0 saturated heterocycles. The molecule has 0 atom stereocenters. The van der Waals surface area contributed by atoms with Crippen LogP contribution in [-0.4, -0.2) is 32.0 Å². The summed E-state index contributed by atoms with van der Waals surface area (Å²) in [5, 5.41) is 27.7. The molecule has 2 aromatic heterocycles. The first kappa shape index (κ1) is 57.8. The van der Waals surface area contributed by atoms with Gasteiger partial charge in [-0.05, 0) is 143 Å². The van der Waals surface area contributed by atoms with Crippen LogP contribution in [0.2, 0.25) is 0 Å². The monoisotopic (exact) mass is 1330 g/mol. The standard InChI is InChI=1S/C92H58BN7Si2/c1-95-87-91(73(60-94)90-86-92(87)100-77-43-17-15-37-70(77)72-39-27-41-75(89(72)100)93(86)74-40-26-38-71-69-36-14-16-42-76(69)99(90)88(71)74)96(61-52-56-63(57-53-61)97-78-44-18-22-48-82(78)101(65-28-6-2-7-29-65,66-30-8-3-9-31-66)83-49-23-19-45-79(83)97)62-54-58-64(59-55-62)98-80-46-20-24-50-84(80)102(67-32-10-4-11-33-67,68-34-12-5-13-35-68)85-51-25-21-47-81(85)98/h2-59H. The third-order valence-corrected chi connectivity index (χ3v) is 32.2. The lowest BCUT2D eigenvalue weighted by Crippen LogP contribution is -2.77. The lowest BCUT2D eigenvalue weighted by Gasteiger charge is -2.45. The largest absolute Gasteiger partial charge is 0.320 e. The van der Waals surface area contributed by atoms with Crippen molar-refractivity contribution >= 4 is 181 Å². The van der Waals surface area contributed by atoms with E-state index in [1.165, 1.54) is 41.5 Å². The molecule has 0 unspecified atom stereocenters. The molecule has 472 valence electrons. The fraction of sp³-hybridized carbons (Fsp3) is 0. The van der Waals surface area contributed by atoms with Gasteiger partial charge < -0.3 is 23.8 Å². The maximum absolute atomic E-state index is 12.7. The molecule has 0 bridgehead atoms. The first-order valence-electron chi connectivity index (χ1n) is 34.9. The number of hydrogen-bond acceptors (Lipinski definition) is 4. The van der Waals surface area contributed by atoms with E-state index in [1.807, 2.05) is 0 Å². The molecule has 102 heavy (non-hydrogen) atoms. The molecule has 4 aliphatic heterocycles. The van der Waals surface area contributed by atoms with Gasteiger partial charge in [-0.3, -0.25) is 0 Å². The van der Waals surface area contributed by atoms with E-state index >= 15 is 0 Å². The van der Waals surface area contributed by atoms with Crippen LogP contribution in [0.5, 0.6) is 0 Å². The SMILES string of the molecule is [C-]#[N+]c1c(N(c2ccc(N3c4ccccc4[Si](c4ccccc4)(c4ccccc4)c4ccccc43)cc2)c2ccc(N3c4ccccc4[Si](c4ccccc4)(c4ccccc4)c4ccccc43)cc2)c(C#N)c2c3c1-n1c4ccccc4c4cccc(c41)B3c1cccc3c4ccccc4n-2c13. The predicted octanol–water partition coefficient (Wildman–Crippen LogP) is 15.2. The van der Waals surface area contributed by atoms with Crippen LogP contribution in [0.25, 0.3) is 59.8 Å². The Balaban J connectivity index is 0.825. The van der Waals surface area contributed by atoms with E-state index < -0.39 is 16.1 Å². The van der Waals surface area contributed by atoms with E-state index in [-0.39, 0.29) is 6.71 Å². The number of para-hydroxylation sites is 8. The summed E-state index contributed by atoms with van der Waals surface area (Å²) in [5.41, 5.74) is 18.4. The van der Waals surface area contributed by atoms with E-state index in [9.17, 15) is 11.8 Å². The van der Waals surface area contributed by atoms with Crippen molar-refractivity contribution in [2.24, 2.45) is 0 Å². The molecule has 15 aromatic carbocycles. The van der Waals surface area contributed by atoms with Crippen molar-refractivity contribution in [3.8, 4) is 17.4 Å². The minimum atomic E-state index is -2.92. The van der Waals surface area contributed by atoms with Crippen molar-refractivity contribution in [2.45, 2.75) is 0 Å². The zero-order chi connectivity index (χ0) is 67.4. The Morgan fingerprint density at radius 3 is 1.05 bits per heavy atom. The van der Waals surface area contributed by atoms with Crippen LogP contribution in [0.15, 0.2) is 352 Å². The molecule has 6 heterocycles. The average molecular weight is 1330 g/mol. The van der Waals surface area contributed by atoms with Gasteiger partial charge >= 0.3 is 0 Å². The normalized spacial score (nSPS) is 13.8. The number of benzene rings is 15. The zero-order valence-electron chi connectivity index (χ0n) is 55.2. The van der Waals surface area contributed by atoms with Crippen LogP contribution >= 0.6 is 0 Å². The molecule has 0 N–H and O–H groups in total. The molecule has 0 amide bonds. The molecule has 0 fully saturated rings. The van der Waals surface area contributed by atoms with Gasteiger partial charge in [-0.1, -0.05) is 267 Å². The van der Waals surface area contributed by atoms with Gasteiger partial charge in [-0.2, -0.15) is 5.26 Å². The van der Waals surface area contributed by atoms with Crippen molar-refractivity contribution < 1.29 is 0 Å². The number of hydrogen-bond donors (Lipinski definition) is 0. The van der Waals surface area contributed by atoms with Crippen LogP contribution in [0.3, 0.4) is 0 Å². The number of anilines is 9. The number of fused-ring (bicyclic) bond motifs is 14. The van der Waals surface area contributed by atoms with Gasteiger partial charge in [-0.15, -0.1) is 0 Å². The first-order chi connectivity index (χ1) is 50.6. The zero-order valence-corrected chi connectivity index (χ0v) is 57.2. The van der Waals surface area contributed by atoms with Crippen LogP contribution in [0.4, 0.5) is 56.9 Å². The van der Waals surface area contributed by atoms with Crippen LogP contribution in [0, 0.1) is 17.9 Å². The van der Waals surface area contributed by atoms with Gasteiger partial charge in [0.15, 0.2) is 16.1 Å².